The van der Waals surface area contributed by atoms with Gasteiger partial charge in [0.05, 0.1) is 18.4 Å². The monoisotopic (exact) mass is 196 g/mol. The Labute approximate surface area is 81.8 Å². The number of carboxylic acid groups (broad SMARTS) is 1. The smallest absolute Gasteiger partial charge is 0.334 e. The maximum Gasteiger partial charge on any atom is 0.334 e. The minimum absolute atomic E-state index is 0.0898. The van der Waals surface area contributed by atoms with Crippen molar-refractivity contribution in [3.8, 4) is 0 Å². The highest BCUT2D eigenvalue weighted by Crippen LogP contribution is 2.08. The molecule has 0 radical (unpaired) electrons. The van der Waals surface area contributed by atoms with E-state index in [1.807, 2.05) is 6.92 Å². The zero-order valence-corrected chi connectivity index (χ0v) is 7.90. The summed E-state index contributed by atoms with van der Waals surface area (Å²) in [6.07, 6.45) is 2.95. The molecule has 4 nitrogen and oxygen atoms in total. The summed E-state index contributed by atoms with van der Waals surface area (Å²) in [4.78, 5) is 10.7. The quantitative estimate of drug-likeness (QED) is 0.729. The first-order valence-corrected chi connectivity index (χ1v) is 4.29. The van der Waals surface area contributed by atoms with Crippen molar-refractivity contribution < 1.29 is 19.1 Å². The molecule has 0 saturated carbocycles. The Morgan fingerprint density at radius 1 is 1.71 bits per heavy atom. The van der Waals surface area contributed by atoms with Crippen LogP contribution in [0, 0.1) is 0 Å². The van der Waals surface area contributed by atoms with E-state index in [1.165, 1.54) is 12.3 Å². The van der Waals surface area contributed by atoms with E-state index in [9.17, 15) is 4.79 Å². The van der Waals surface area contributed by atoms with E-state index in [0.717, 1.165) is 0 Å². The standard InChI is InChI=1S/C10H12O4/c1-2-13-7-8(10(11)12)6-9-4-3-5-14-9/h3-6H,2,7H2,1H3,(H,11,12)/b8-6+. The molecule has 0 fully saturated rings. The first-order valence-electron chi connectivity index (χ1n) is 4.29. The van der Waals surface area contributed by atoms with Crippen LogP contribution in [-0.4, -0.2) is 24.3 Å². The van der Waals surface area contributed by atoms with Crippen LogP contribution in [0.15, 0.2) is 28.4 Å². The van der Waals surface area contributed by atoms with Crippen LogP contribution in [0.2, 0.25) is 0 Å². The maximum atomic E-state index is 10.7. The molecular weight excluding hydrogens is 184 g/mol. The lowest BCUT2D eigenvalue weighted by Gasteiger charge is -2.00. The van der Waals surface area contributed by atoms with E-state index in [-0.39, 0.29) is 12.2 Å². The second-order valence-corrected chi connectivity index (χ2v) is 2.63. The zero-order valence-electron chi connectivity index (χ0n) is 7.90. The predicted molar refractivity (Wildman–Crippen MR) is 50.8 cm³/mol. The van der Waals surface area contributed by atoms with Crippen LogP contribution in [0.3, 0.4) is 0 Å². The highest BCUT2D eigenvalue weighted by atomic mass is 16.5. The molecule has 0 aromatic carbocycles. The molecule has 14 heavy (non-hydrogen) atoms. The van der Waals surface area contributed by atoms with Gasteiger partial charge in [-0.3, -0.25) is 0 Å². The van der Waals surface area contributed by atoms with Gasteiger partial charge in [0.2, 0.25) is 0 Å². The summed E-state index contributed by atoms with van der Waals surface area (Å²) in [5.74, 6) is -0.475. The van der Waals surface area contributed by atoms with E-state index in [0.29, 0.717) is 12.4 Å². The number of aliphatic carboxylic acids is 1. The van der Waals surface area contributed by atoms with E-state index < -0.39 is 5.97 Å². The number of rotatable bonds is 5. The Morgan fingerprint density at radius 3 is 3.00 bits per heavy atom. The van der Waals surface area contributed by atoms with Crippen molar-refractivity contribution >= 4 is 12.0 Å². The maximum absolute atomic E-state index is 10.7. The fraction of sp³-hybridized carbons (Fsp3) is 0.300. The van der Waals surface area contributed by atoms with Crippen LogP contribution < -0.4 is 0 Å². The first-order chi connectivity index (χ1) is 6.74. The van der Waals surface area contributed by atoms with Gasteiger partial charge >= 0.3 is 5.97 Å². The third-order valence-electron chi connectivity index (χ3n) is 1.60. The molecule has 0 aliphatic rings. The number of ether oxygens (including phenoxy) is 1. The highest BCUT2D eigenvalue weighted by Gasteiger charge is 2.07. The van der Waals surface area contributed by atoms with E-state index >= 15 is 0 Å². The molecule has 0 atom stereocenters. The Balaban J connectivity index is 2.72. The Kier molecular flexibility index (Phi) is 3.94. The zero-order chi connectivity index (χ0) is 10.4. The molecule has 4 heteroatoms. The number of furan rings is 1. The van der Waals surface area contributed by atoms with Crippen molar-refractivity contribution in [3.63, 3.8) is 0 Å². The van der Waals surface area contributed by atoms with Gasteiger partial charge in [0, 0.05) is 6.61 Å². The molecule has 0 amide bonds. The minimum Gasteiger partial charge on any atom is -0.478 e. The molecule has 0 bridgehead atoms. The van der Waals surface area contributed by atoms with Crippen molar-refractivity contribution in [2.45, 2.75) is 6.92 Å². The van der Waals surface area contributed by atoms with Gasteiger partial charge in [0.15, 0.2) is 0 Å². The van der Waals surface area contributed by atoms with Gasteiger partial charge in [-0.25, -0.2) is 4.79 Å². The topological polar surface area (TPSA) is 59.7 Å². The lowest BCUT2D eigenvalue weighted by Crippen LogP contribution is -2.07. The predicted octanol–water partition coefficient (Wildman–Crippen LogP) is 1.78. The molecule has 0 spiro atoms. The number of hydrogen-bond donors (Lipinski definition) is 1. The summed E-state index contributed by atoms with van der Waals surface area (Å²) < 4.78 is 10.0. The Bertz CT molecular complexity index is 311. The van der Waals surface area contributed by atoms with E-state index in [4.69, 9.17) is 14.3 Å². The van der Waals surface area contributed by atoms with Gasteiger partial charge in [-0.05, 0) is 25.1 Å². The molecule has 76 valence electrons. The van der Waals surface area contributed by atoms with E-state index in [1.54, 1.807) is 12.1 Å². The van der Waals surface area contributed by atoms with Crippen molar-refractivity contribution in [1.82, 2.24) is 0 Å². The van der Waals surface area contributed by atoms with Gasteiger partial charge in [-0.2, -0.15) is 0 Å². The molecule has 1 heterocycles. The van der Waals surface area contributed by atoms with Gasteiger partial charge in [-0.15, -0.1) is 0 Å². The molecule has 0 aliphatic heterocycles. The number of carbonyl (C=O) groups is 1. The average Bonchev–Trinajstić information content (AvgIpc) is 2.64. The van der Waals surface area contributed by atoms with Crippen LogP contribution in [-0.2, 0) is 9.53 Å². The van der Waals surface area contributed by atoms with Crippen LogP contribution in [0.5, 0.6) is 0 Å². The fourth-order valence-electron chi connectivity index (χ4n) is 0.922. The summed E-state index contributed by atoms with van der Waals surface area (Å²) in [5.41, 5.74) is 0.182. The van der Waals surface area contributed by atoms with Crippen LogP contribution in [0.1, 0.15) is 12.7 Å². The third-order valence-corrected chi connectivity index (χ3v) is 1.60. The average molecular weight is 196 g/mol. The Morgan fingerprint density at radius 2 is 2.50 bits per heavy atom. The summed E-state index contributed by atoms with van der Waals surface area (Å²) in [5, 5.41) is 8.81. The lowest BCUT2D eigenvalue weighted by molar-refractivity contribution is -0.133. The van der Waals surface area contributed by atoms with Crippen molar-refractivity contribution in [1.29, 1.82) is 0 Å². The molecule has 0 saturated heterocycles. The minimum atomic E-state index is -0.991. The molecule has 1 N–H and O–H groups in total. The molecular formula is C10H12O4. The van der Waals surface area contributed by atoms with Gasteiger partial charge in [0.25, 0.3) is 0 Å². The Hall–Kier alpha value is -1.55. The number of hydrogen-bond acceptors (Lipinski definition) is 3. The third kappa shape index (κ3) is 3.06. The van der Waals surface area contributed by atoms with Crippen LogP contribution >= 0.6 is 0 Å². The SMILES string of the molecule is CCOC/C(=C\c1ccco1)C(=O)O. The van der Waals surface area contributed by atoms with Crippen molar-refractivity contribution in [3.05, 3.63) is 29.7 Å². The van der Waals surface area contributed by atoms with Crippen molar-refractivity contribution in [2.75, 3.05) is 13.2 Å². The largest absolute Gasteiger partial charge is 0.478 e. The lowest BCUT2D eigenvalue weighted by atomic mass is 10.2. The van der Waals surface area contributed by atoms with Crippen LogP contribution in [0.4, 0.5) is 0 Å². The van der Waals surface area contributed by atoms with Gasteiger partial charge in [0.1, 0.15) is 5.76 Å². The van der Waals surface area contributed by atoms with Crippen LogP contribution in [0.25, 0.3) is 6.08 Å². The normalized spacial score (nSPS) is 11.6. The molecule has 1 rings (SSSR count). The summed E-state index contributed by atoms with van der Waals surface area (Å²) in [6.45, 7) is 2.39. The second-order valence-electron chi connectivity index (χ2n) is 2.63. The summed E-state index contributed by atoms with van der Waals surface area (Å²) in [6, 6.07) is 3.39. The summed E-state index contributed by atoms with van der Waals surface area (Å²) >= 11 is 0. The molecule has 0 aliphatic carbocycles. The summed E-state index contributed by atoms with van der Waals surface area (Å²) in [7, 11) is 0. The highest BCUT2D eigenvalue weighted by molar-refractivity contribution is 5.91. The molecule has 1 aromatic rings. The number of carboxylic acids is 1. The van der Waals surface area contributed by atoms with E-state index in [2.05, 4.69) is 0 Å². The first kappa shape index (κ1) is 10.5. The van der Waals surface area contributed by atoms with Gasteiger partial charge in [-0.1, -0.05) is 0 Å². The van der Waals surface area contributed by atoms with Crippen molar-refractivity contribution in [2.24, 2.45) is 0 Å². The second kappa shape index (κ2) is 5.24. The molecule has 1 aromatic heterocycles. The van der Waals surface area contributed by atoms with Gasteiger partial charge < -0.3 is 14.3 Å². The molecule has 0 unspecified atom stereocenters. The fourth-order valence-corrected chi connectivity index (χ4v) is 0.922.